The number of hydrogen-bond acceptors (Lipinski definition) is 3. The van der Waals surface area contributed by atoms with Crippen LogP contribution in [-0.2, 0) is 9.53 Å². The van der Waals surface area contributed by atoms with E-state index in [4.69, 9.17) is 4.74 Å². The van der Waals surface area contributed by atoms with Gasteiger partial charge in [-0.1, -0.05) is 95.1 Å². The zero-order chi connectivity index (χ0) is 25.6. The van der Waals surface area contributed by atoms with Gasteiger partial charge in [-0.15, -0.1) is 0 Å². The summed E-state index contributed by atoms with van der Waals surface area (Å²) in [4.78, 5) is 32.0. The quantitative estimate of drug-likeness (QED) is 0.240. The van der Waals surface area contributed by atoms with Crippen molar-refractivity contribution in [2.75, 3.05) is 6.61 Å². The molecular formula is C27H44N2O3Si2. The first kappa shape index (κ1) is 26.7. The summed E-state index contributed by atoms with van der Waals surface area (Å²) in [5, 5.41) is 0.300. The summed E-state index contributed by atoms with van der Waals surface area (Å²) in [6, 6.07) is 9.71. The van der Waals surface area contributed by atoms with Crippen molar-refractivity contribution in [3.63, 3.8) is 0 Å². The number of nitrogens with zero attached hydrogens (tertiary/aromatic N) is 2. The number of benzene rings is 1. The molecule has 2 aliphatic rings. The lowest BCUT2D eigenvalue weighted by Gasteiger charge is -2.66. The van der Waals surface area contributed by atoms with Gasteiger partial charge >= 0.3 is 6.09 Å². The third-order valence-electron chi connectivity index (χ3n) is 7.25. The second kappa shape index (κ2) is 9.30. The van der Waals surface area contributed by atoms with Gasteiger partial charge < -0.3 is 9.64 Å². The molecule has 0 spiro atoms. The number of likely N-dealkylation sites (tertiary alicyclic amines) is 1. The third kappa shape index (κ3) is 4.53. The van der Waals surface area contributed by atoms with E-state index in [1.165, 1.54) is 0 Å². The molecule has 1 aromatic carbocycles. The maximum absolute atomic E-state index is 14.5. The minimum atomic E-state index is -1.71. The summed E-state index contributed by atoms with van der Waals surface area (Å²) in [7, 11) is -3.42. The van der Waals surface area contributed by atoms with Gasteiger partial charge in [-0.05, 0) is 25.3 Å². The molecule has 7 heteroatoms. The normalized spacial score (nSPS) is 25.6. The van der Waals surface area contributed by atoms with Gasteiger partial charge in [-0.25, -0.2) is 4.79 Å². The Hall–Kier alpha value is -1.87. The average Bonchev–Trinajstić information content (AvgIpc) is 3.09. The number of carbonyl (C=O) groups is 2. The van der Waals surface area contributed by atoms with Crippen LogP contribution in [0.1, 0.15) is 45.7 Å². The van der Waals surface area contributed by atoms with Gasteiger partial charge in [0.2, 0.25) is 0 Å². The summed E-state index contributed by atoms with van der Waals surface area (Å²) in [5.74, 6) is 0.321. The number of amides is 2. The lowest BCUT2D eigenvalue weighted by atomic mass is 9.69. The van der Waals surface area contributed by atoms with Crippen LogP contribution in [0.2, 0.25) is 39.3 Å². The second-order valence-electron chi connectivity index (χ2n) is 12.8. The maximum atomic E-state index is 14.5. The highest BCUT2D eigenvalue weighted by atomic mass is 28.4. The van der Waals surface area contributed by atoms with Crippen LogP contribution in [0.3, 0.4) is 0 Å². The molecule has 0 radical (unpaired) electrons. The fraction of sp³-hybridized carbons (Fsp3) is 0.630. The summed E-state index contributed by atoms with van der Waals surface area (Å²) in [5.41, 5.74) is 1.26. The Morgan fingerprint density at radius 2 is 1.62 bits per heavy atom. The SMILES string of the molecule is CC(C)=CC[C@]1(N2C(=O)OC[C@@H]2c2ccccc2)C(=O)N(C([Si](C)(C)C)[Si](C)(C)C)[C@@H]1C(C)C. The Bertz CT molecular complexity index is 931. The van der Waals surface area contributed by atoms with Crippen LogP contribution in [0.15, 0.2) is 42.0 Å². The zero-order valence-electron chi connectivity index (χ0n) is 22.8. The van der Waals surface area contributed by atoms with Crippen molar-refractivity contribution in [1.82, 2.24) is 9.80 Å². The molecule has 1 aromatic rings. The highest BCUT2D eigenvalue weighted by molar-refractivity contribution is 6.96. The zero-order valence-corrected chi connectivity index (χ0v) is 24.8. The minimum Gasteiger partial charge on any atom is -0.447 e. The number of cyclic esters (lactones) is 1. The molecule has 5 nitrogen and oxygen atoms in total. The first-order chi connectivity index (χ1) is 15.6. The summed E-state index contributed by atoms with van der Waals surface area (Å²) < 4.78 is 5.64. The molecule has 0 unspecified atom stereocenters. The van der Waals surface area contributed by atoms with Crippen LogP contribution >= 0.6 is 0 Å². The number of rotatable bonds is 8. The third-order valence-corrected chi connectivity index (χ3v) is 16.3. The smallest absolute Gasteiger partial charge is 0.411 e. The van der Waals surface area contributed by atoms with Crippen LogP contribution < -0.4 is 0 Å². The van der Waals surface area contributed by atoms with E-state index < -0.39 is 21.7 Å². The van der Waals surface area contributed by atoms with Crippen molar-refractivity contribution in [3.05, 3.63) is 47.5 Å². The Labute approximate surface area is 208 Å². The molecular weight excluding hydrogens is 456 g/mol. The van der Waals surface area contributed by atoms with E-state index in [9.17, 15) is 9.59 Å². The van der Waals surface area contributed by atoms with E-state index in [1.807, 2.05) is 35.2 Å². The molecule has 0 N–H and O–H groups in total. The summed E-state index contributed by atoms with van der Waals surface area (Å²) in [6.07, 6.45) is 2.29. The predicted octanol–water partition coefficient (Wildman–Crippen LogP) is 6.27. The standard InChI is InChI=1S/C27H44N2O3Si2/c1-19(2)16-17-27(29-22(18-32-25(29)31)21-14-12-11-13-15-21)23(20(3)4)28(24(27)30)26(33(5,6)7)34(8,9)10/h11-16,20,22-23,26H,17-18H2,1-10H3/t22-,23-,27-/m1/s1. The van der Waals surface area contributed by atoms with Gasteiger partial charge in [0.25, 0.3) is 5.91 Å². The van der Waals surface area contributed by atoms with E-state index in [1.54, 1.807) is 0 Å². The van der Waals surface area contributed by atoms with Gasteiger partial charge in [0, 0.05) is 11.7 Å². The second-order valence-corrected chi connectivity index (χ2v) is 24.0. The minimum absolute atomic E-state index is 0.0455. The van der Waals surface area contributed by atoms with Crippen LogP contribution in [0.4, 0.5) is 4.79 Å². The number of ether oxygens (including phenoxy) is 1. The summed E-state index contributed by atoms with van der Waals surface area (Å²) in [6.45, 7) is 23.1. The van der Waals surface area contributed by atoms with Crippen LogP contribution in [0, 0.1) is 5.92 Å². The van der Waals surface area contributed by atoms with Gasteiger partial charge in [-0.3, -0.25) is 9.69 Å². The van der Waals surface area contributed by atoms with Crippen LogP contribution in [-0.4, -0.2) is 61.4 Å². The highest BCUT2D eigenvalue weighted by Crippen LogP contribution is 2.51. The number of β-lactam (4-membered cyclic amide) rings is 1. The van der Waals surface area contributed by atoms with E-state index in [2.05, 4.69) is 78.0 Å². The molecule has 2 fully saturated rings. The number of allylic oxidation sites excluding steroid dienone is 1. The predicted molar refractivity (Wildman–Crippen MR) is 145 cm³/mol. The van der Waals surface area contributed by atoms with Crippen LogP contribution in [0.25, 0.3) is 0 Å². The Balaban J connectivity index is 2.20. The Morgan fingerprint density at radius 3 is 2.09 bits per heavy atom. The lowest BCUT2D eigenvalue weighted by molar-refractivity contribution is -0.179. The van der Waals surface area contributed by atoms with Gasteiger partial charge in [0.15, 0.2) is 0 Å². The molecule has 0 bridgehead atoms. The number of carbonyl (C=O) groups excluding carboxylic acids is 2. The Kier molecular flexibility index (Phi) is 7.31. The largest absolute Gasteiger partial charge is 0.447 e. The van der Waals surface area contributed by atoms with E-state index in [-0.39, 0.29) is 36.6 Å². The maximum Gasteiger partial charge on any atom is 0.411 e. The molecule has 2 saturated heterocycles. The molecule has 3 atom stereocenters. The fourth-order valence-corrected chi connectivity index (χ4v) is 19.2. The number of hydrogen-bond donors (Lipinski definition) is 0. The lowest BCUT2D eigenvalue weighted by Crippen LogP contribution is -2.86. The monoisotopic (exact) mass is 500 g/mol. The van der Waals surface area contributed by atoms with Crippen molar-refractivity contribution in [3.8, 4) is 0 Å². The average molecular weight is 501 g/mol. The van der Waals surface area contributed by atoms with Gasteiger partial charge in [0.1, 0.15) is 12.1 Å². The van der Waals surface area contributed by atoms with E-state index in [0.717, 1.165) is 11.1 Å². The molecule has 2 amide bonds. The molecule has 2 aliphatic heterocycles. The van der Waals surface area contributed by atoms with Crippen molar-refractivity contribution in [2.45, 2.75) is 96.3 Å². The Morgan fingerprint density at radius 1 is 1.06 bits per heavy atom. The highest BCUT2D eigenvalue weighted by Gasteiger charge is 2.70. The first-order valence-electron chi connectivity index (χ1n) is 12.6. The molecule has 3 rings (SSSR count). The van der Waals surface area contributed by atoms with E-state index in [0.29, 0.717) is 11.7 Å². The van der Waals surface area contributed by atoms with Crippen molar-refractivity contribution in [1.29, 1.82) is 0 Å². The van der Waals surface area contributed by atoms with Crippen molar-refractivity contribution in [2.24, 2.45) is 5.92 Å². The fourth-order valence-electron chi connectivity index (χ4n) is 6.62. The van der Waals surface area contributed by atoms with E-state index >= 15 is 0 Å². The molecule has 188 valence electrons. The molecule has 0 aromatic heterocycles. The van der Waals surface area contributed by atoms with Crippen molar-refractivity contribution < 1.29 is 14.3 Å². The van der Waals surface area contributed by atoms with Gasteiger partial charge in [0.05, 0.1) is 28.2 Å². The summed E-state index contributed by atoms with van der Waals surface area (Å²) >= 11 is 0. The molecule has 0 saturated carbocycles. The van der Waals surface area contributed by atoms with Gasteiger partial charge in [-0.2, -0.15) is 0 Å². The topological polar surface area (TPSA) is 49.9 Å². The molecule has 2 heterocycles. The first-order valence-corrected chi connectivity index (χ1v) is 19.8. The van der Waals surface area contributed by atoms with Crippen molar-refractivity contribution >= 4 is 28.1 Å². The molecule has 34 heavy (non-hydrogen) atoms. The molecule has 0 aliphatic carbocycles. The van der Waals surface area contributed by atoms with Crippen LogP contribution in [0.5, 0.6) is 0 Å².